The van der Waals surface area contributed by atoms with Gasteiger partial charge in [-0.2, -0.15) is 8.42 Å². The number of carbonyl (C=O) groups is 1. The molecule has 1 N–H and O–H groups in total. The van der Waals surface area contributed by atoms with Gasteiger partial charge in [0, 0.05) is 13.1 Å². The van der Waals surface area contributed by atoms with Crippen molar-refractivity contribution in [2.45, 2.75) is 18.9 Å². The van der Waals surface area contributed by atoms with Crippen molar-refractivity contribution in [1.82, 2.24) is 4.90 Å². The van der Waals surface area contributed by atoms with Gasteiger partial charge in [-0.3, -0.25) is 4.18 Å². The van der Waals surface area contributed by atoms with Gasteiger partial charge in [-0.05, 0) is 24.7 Å². The predicted octanol–water partition coefficient (Wildman–Crippen LogP) is 0.351. The van der Waals surface area contributed by atoms with Crippen LogP contribution >= 0.6 is 0 Å². The molecule has 7 heteroatoms. The van der Waals surface area contributed by atoms with Crippen LogP contribution in [-0.4, -0.2) is 50.0 Å². The van der Waals surface area contributed by atoms with E-state index in [-0.39, 0.29) is 17.9 Å². The van der Waals surface area contributed by atoms with E-state index in [1.807, 2.05) is 0 Å². The Hall–Kier alpha value is -0.820. The molecule has 6 nitrogen and oxygen atoms in total. The van der Waals surface area contributed by atoms with Crippen molar-refractivity contribution in [2.24, 2.45) is 11.8 Å². The summed E-state index contributed by atoms with van der Waals surface area (Å²) in [4.78, 5) is 12.1. The molecule has 92 valence electrons. The Bertz CT molecular complexity index is 379. The zero-order valence-electron chi connectivity index (χ0n) is 9.00. The molecule has 16 heavy (non-hydrogen) atoms. The maximum absolute atomic E-state index is 11.0. The maximum atomic E-state index is 11.0. The quantitative estimate of drug-likeness (QED) is 0.714. The third kappa shape index (κ3) is 2.46. The first-order valence-corrected chi connectivity index (χ1v) is 7.03. The highest BCUT2D eigenvalue weighted by atomic mass is 32.2. The van der Waals surface area contributed by atoms with E-state index in [9.17, 15) is 13.2 Å². The molecule has 1 saturated heterocycles. The van der Waals surface area contributed by atoms with Gasteiger partial charge in [-0.15, -0.1) is 0 Å². The average Bonchev–Trinajstić information content (AvgIpc) is 2.56. The van der Waals surface area contributed by atoms with Crippen LogP contribution in [0.15, 0.2) is 0 Å². The maximum Gasteiger partial charge on any atom is 0.407 e. The van der Waals surface area contributed by atoms with E-state index in [1.54, 1.807) is 0 Å². The third-order valence-corrected chi connectivity index (χ3v) is 3.91. The molecule has 1 saturated carbocycles. The van der Waals surface area contributed by atoms with E-state index in [4.69, 9.17) is 9.29 Å². The second-order valence-electron chi connectivity index (χ2n) is 4.60. The van der Waals surface area contributed by atoms with Gasteiger partial charge in [0.25, 0.3) is 10.1 Å². The van der Waals surface area contributed by atoms with Crippen molar-refractivity contribution < 1.29 is 22.5 Å². The van der Waals surface area contributed by atoms with Gasteiger partial charge in [0.15, 0.2) is 0 Å². The second-order valence-corrected chi connectivity index (χ2v) is 6.20. The van der Waals surface area contributed by atoms with Crippen LogP contribution in [0.5, 0.6) is 0 Å². The fraction of sp³-hybridized carbons (Fsp3) is 0.889. The summed E-state index contributed by atoms with van der Waals surface area (Å²) in [7, 11) is -3.40. The number of rotatable bonds is 2. The molecule has 0 radical (unpaired) electrons. The summed E-state index contributed by atoms with van der Waals surface area (Å²) < 4.78 is 26.8. The number of hydrogen-bond donors (Lipinski definition) is 1. The summed E-state index contributed by atoms with van der Waals surface area (Å²) in [5, 5.41) is 8.82. The van der Waals surface area contributed by atoms with Gasteiger partial charge in [-0.1, -0.05) is 0 Å². The van der Waals surface area contributed by atoms with Gasteiger partial charge >= 0.3 is 6.09 Å². The fourth-order valence-electron chi connectivity index (χ4n) is 2.73. The summed E-state index contributed by atoms with van der Waals surface area (Å²) in [5.74, 6) is 0.505. The third-order valence-electron chi connectivity index (χ3n) is 3.29. The van der Waals surface area contributed by atoms with E-state index in [2.05, 4.69) is 0 Å². The molecule has 0 spiro atoms. The Kier molecular flexibility index (Phi) is 2.83. The van der Waals surface area contributed by atoms with Crippen molar-refractivity contribution in [3.8, 4) is 0 Å². The topological polar surface area (TPSA) is 83.9 Å². The van der Waals surface area contributed by atoms with Crippen molar-refractivity contribution in [3.63, 3.8) is 0 Å². The lowest BCUT2D eigenvalue weighted by atomic mass is 10.0. The number of nitrogens with zero attached hydrogens (tertiary/aromatic N) is 1. The summed E-state index contributed by atoms with van der Waals surface area (Å²) in [5.41, 5.74) is 0. The molecule has 1 heterocycles. The summed E-state index contributed by atoms with van der Waals surface area (Å²) >= 11 is 0. The zero-order valence-corrected chi connectivity index (χ0v) is 9.81. The zero-order chi connectivity index (χ0) is 11.9. The summed E-state index contributed by atoms with van der Waals surface area (Å²) in [6.07, 6.45) is 1.17. The van der Waals surface area contributed by atoms with Crippen LogP contribution in [0.3, 0.4) is 0 Å². The molecule has 0 aromatic carbocycles. The highest BCUT2D eigenvalue weighted by Crippen LogP contribution is 2.39. The van der Waals surface area contributed by atoms with Gasteiger partial charge in [0.05, 0.1) is 12.4 Å². The molecular formula is C9H15NO5S. The minimum absolute atomic E-state index is 0.253. The molecule has 0 aromatic rings. The van der Waals surface area contributed by atoms with Gasteiger partial charge in [0.2, 0.25) is 0 Å². The molecule has 0 bridgehead atoms. The lowest BCUT2D eigenvalue weighted by Gasteiger charge is -2.15. The number of likely N-dealkylation sites (tertiary alicyclic amines) is 1. The van der Waals surface area contributed by atoms with E-state index >= 15 is 0 Å². The smallest absolute Gasteiger partial charge is 0.407 e. The second kappa shape index (κ2) is 3.89. The first kappa shape index (κ1) is 11.7. The molecule has 0 aromatic heterocycles. The lowest BCUT2D eigenvalue weighted by Crippen LogP contribution is -2.29. The predicted molar refractivity (Wildman–Crippen MR) is 55.5 cm³/mol. The fourth-order valence-corrected chi connectivity index (χ4v) is 3.38. The first-order chi connectivity index (χ1) is 7.35. The highest BCUT2D eigenvalue weighted by molar-refractivity contribution is 7.86. The number of carboxylic acid groups (broad SMARTS) is 1. The van der Waals surface area contributed by atoms with Crippen LogP contribution in [0.1, 0.15) is 12.8 Å². The largest absolute Gasteiger partial charge is 0.465 e. The normalized spacial score (nSPS) is 34.1. The minimum atomic E-state index is -3.40. The number of fused-ring (bicyclic) bond motifs is 1. The lowest BCUT2D eigenvalue weighted by molar-refractivity contribution is 0.145. The Morgan fingerprint density at radius 1 is 1.31 bits per heavy atom. The van der Waals surface area contributed by atoms with Crippen LogP contribution in [0.25, 0.3) is 0 Å². The van der Waals surface area contributed by atoms with Gasteiger partial charge in [-0.25, -0.2) is 4.79 Å². The first-order valence-electron chi connectivity index (χ1n) is 5.21. The van der Waals surface area contributed by atoms with Gasteiger partial charge < -0.3 is 10.0 Å². The molecule has 0 unspecified atom stereocenters. The molecule has 2 fully saturated rings. The van der Waals surface area contributed by atoms with Crippen LogP contribution < -0.4 is 0 Å². The van der Waals surface area contributed by atoms with Crippen molar-refractivity contribution in [1.29, 1.82) is 0 Å². The summed E-state index contributed by atoms with van der Waals surface area (Å²) in [6, 6.07) is 0. The Balaban J connectivity index is 1.91. The van der Waals surface area contributed by atoms with Crippen LogP contribution in [0.4, 0.5) is 4.79 Å². The van der Waals surface area contributed by atoms with E-state index in [0.717, 1.165) is 6.26 Å². The van der Waals surface area contributed by atoms with Crippen LogP contribution in [0.2, 0.25) is 0 Å². The van der Waals surface area contributed by atoms with Crippen LogP contribution in [0, 0.1) is 11.8 Å². The van der Waals surface area contributed by atoms with E-state index in [0.29, 0.717) is 25.9 Å². The molecule has 2 aliphatic rings. The standard InChI is InChI=1S/C9H15NO5S/c1-16(13,14)15-8-2-6-4-10(9(11)12)5-7(6)3-8/h6-8H,2-5H2,1H3,(H,11,12)/t6-,7+,8-. The Morgan fingerprint density at radius 3 is 2.19 bits per heavy atom. The SMILES string of the molecule is CS(=O)(=O)O[C@@H]1C[C@@H]2CN(C(=O)O)C[C@@H]2C1. The Morgan fingerprint density at radius 2 is 1.81 bits per heavy atom. The van der Waals surface area contributed by atoms with Crippen molar-refractivity contribution >= 4 is 16.2 Å². The Labute approximate surface area is 94.3 Å². The molecule has 3 atom stereocenters. The monoisotopic (exact) mass is 249 g/mol. The summed E-state index contributed by atoms with van der Waals surface area (Å²) in [6.45, 7) is 1.01. The van der Waals surface area contributed by atoms with Crippen molar-refractivity contribution in [2.75, 3.05) is 19.3 Å². The highest BCUT2D eigenvalue weighted by Gasteiger charge is 2.43. The van der Waals surface area contributed by atoms with Crippen molar-refractivity contribution in [3.05, 3.63) is 0 Å². The number of hydrogen-bond acceptors (Lipinski definition) is 4. The molecule has 1 amide bonds. The van der Waals surface area contributed by atoms with Crippen LogP contribution in [-0.2, 0) is 14.3 Å². The molecule has 1 aliphatic heterocycles. The van der Waals surface area contributed by atoms with E-state index in [1.165, 1.54) is 4.90 Å². The molecule has 2 rings (SSSR count). The molecular weight excluding hydrogens is 234 g/mol. The van der Waals surface area contributed by atoms with E-state index < -0.39 is 16.2 Å². The number of amides is 1. The molecule has 1 aliphatic carbocycles. The minimum Gasteiger partial charge on any atom is -0.465 e. The average molecular weight is 249 g/mol. The van der Waals surface area contributed by atoms with Gasteiger partial charge in [0.1, 0.15) is 0 Å².